The van der Waals surface area contributed by atoms with Crippen LogP contribution < -0.4 is 0 Å². The summed E-state index contributed by atoms with van der Waals surface area (Å²) in [5.41, 5.74) is 0. The second kappa shape index (κ2) is 3.47. The maximum Gasteiger partial charge on any atom is 0.163 e. The van der Waals surface area contributed by atoms with E-state index in [1.165, 1.54) is 0 Å². The Morgan fingerprint density at radius 1 is 1.29 bits per heavy atom. The topological polar surface area (TPSA) is 31.0 Å². The van der Waals surface area contributed by atoms with Crippen LogP contribution in [0.4, 0.5) is 0 Å². The van der Waals surface area contributed by atoms with Crippen LogP contribution in [-0.4, -0.2) is 30.7 Å². The highest BCUT2D eigenvalue weighted by Crippen LogP contribution is 2.36. The van der Waals surface area contributed by atoms with Crippen LogP contribution in [0.25, 0.3) is 0 Å². The SMILES string of the molecule is CC(C)C[C@@H]1OC(C)(C)O[C@@H]1[C@H]1CO1. The fourth-order valence-electron chi connectivity index (χ4n) is 2.07. The minimum absolute atomic E-state index is 0.146. The fraction of sp³-hybridized carbons (Fsp3) is 1.00. The Labute approximate surface area is 85.7 Å². The molecule has 3 heteroatoms. The third-order valence-corrected chi connectivity index (χ3v) is 2.65. The summed E-state index contributed by atoms with van der Waals surface area (Å²) in [7, 11) is 0. The number of hydrogen-bond acceptors (Lipinski definition) is 3. The lowest BCUT2D eigenvalue weighted by Crippen LogP contribution is -2.29. The third kappa shape index (κ3) is 2.27. The van der Waals surface area contributed by atoms with Crippen molar-refractivity contribution in [2.75, 3.05) is 6.61 Å². The van der Waals surface area contributed by atoms with E-state index in [0.717, 1.165) is 13.0 Å². The van der Waals surface area contributed by atoms with Crippen LogP contribution >= 0.6 is 0 Å². The Morgan fingerprint density at radius 3 is 2.43 bits per heavy atom. The van der Waals surface area contributed by atoms with E-state index < -0.39 is 5.79 Å². The minimum Gasteiger partial charge on any atom is -0.370 e. The lowest BCUT2D eigenvalue weighted by atomic mass is 10.0. The highest BCUT2D eigenvalue weighted by atomic mass is 16.8. The van der Waals surface area contributed by atoms with Gasteiger partial charge >= 0.3 is 0 Å². The Bertz CT molecular complexity index is 209. The first-order valence-corrected chi connectivity index (χ1v) is 5.45. The van der Waals surface area contributed by atoms with Crippen LogP contribution in [-0.2, 0) is 14.2 Å². The molecule has 0 bridgehead atoms. The molecular formula is C11H20O3. The van der Waals surface area contributed by atoms with Gasteiger partial charge in [0.05, 0.1) is 12.7 Å². The van der Waals surface area contributed by atoms with E-state index in [1.807, 2.05) is 13.8 Å². The zero-order valence-corrected chi connectivity index (χ0v) is 9.45. The lowest BCUT2D eigenvalue weighted by molar-refractivity contribution is -0.148. The van der Waals surface area contributed by atoms with Crippen LogP contribution in [0.3, 0.4) is 0 Å². The van der Waals surface area contributed by atoms with E-state index >= 15 is 0 Å². The van der Waals surface area contributed by atoms with E-state index in [4.69, 9.17) is 14.2 Å². The van der Waals surface area contributed by atoms with Crippen LogP contribution in [0, 0.1) is 5.92 Å². The molecule has 3 nitrogen and oxygen atoms in total. The predicted octanol–water partition coefficient (Wildman–Crippen LogP) is 1.95. The normalized spacial score (nSPS) is 40.5. The van der Waals surface area contributed by atoms with Gasteiger partial charge in [-0.3, -0.25) is 0 Å². The zero-order chi connectivity index (χ0) is 10.3. The molecule has 0 aliphatic carbocycles. The molecule has 2 fully saturated rings. The molecule has 2 rings (SSSR count). The molecule has 2 aliphatic heterocycles. The van der Waals surface area contributed by atoms with Crippen molar-refractivity contribution < 1.29 is 14.2 Å². The van der Waals surface area contributed by atoms with Gasteiger partial charge in [-0.15, -0.1) is 0 Å². The molecule has 2 aliphatic rings. The summed E-state index contributed by atoms with van der Waals surface area (Å²) in [6, 6.07) is 0. The molecule has 0 aromatic heterocycles. The van der Waals surface area contributed by atoms with Gasteiger partial charge in [0.2, 0.25) is 0 Å². The summed E-state index contributed by atoms with van der Waals surface area (Å²) >= 11 is 0. The standard InChI is InChI=1S/C11H20O3/c1-7(2)5-8-10(9-6-12-9)14-11(3,4)13-8/h7-10H,5-6H2,1-4H3/t8-,9+,10-/m0/s1. The van der Waals surface area contributed by atoms with Crippen LogP contribution in [0.2, 0.25) is 0 Å². The maximum atomic E-state index is 5.87. The lowest BCUT2D eigenvalue weighted by Gasteiger charge is -2.17. The van der Waals surface area contributed by atoms with Gasteiger partial charge in [0.1, 0.15) is 12.2 Å². The van der Waals surface area contributed by atoms with Gasteiger partial charge < -0.3 is 14.2 Å². The average Bonchev–Trinajstić information content (AvgIpc) is 2.76. The zero-order valence-electron chi connectivity index (χ0n) is 9.45. The van der Waals surface area contributed by atoms with Gasteiger partial charge in [-0.05, 0) is 26.2 Å². The summed E-state index contributed by atoms with van der Waals surface area (Å²) in [6.45, 7) is 9.20. The Hall–Kier alpha value is -0.120. The number of epoxide rings is 1. The predicted molar refractivity (Wildman–Crippen MR) is 53.0 cm³/mol. The molecule has 3 atom stereocenters. The van der Waals surface area contributed by atoms with Crippen molar-refractivity contribution in [3.05, 3.63) is 0 Å². The Balaban J connectivity index is 1.98. The molecule has 0 N–H and O–H groups in total. The Kier molecular flexibility index (Phi) is 2.58. The summed E-state index contributed by atoms with van der Waals surface area (Å²) in [5.74, 6) is 0.203. The smallest absolute Gasteiger partial charge is 0.163 e. The molecule has 2 heterocycles. The van der Waals surface area contributed by atoms with Crippen molar-refractivity contribution in [2.45, 2.75) is 58.2 Å². The summed E-state index contributed by atoms with van der Waals surface area (Å²) < 4.78 is 17.0. The van der Waals surface area contributed by atoms with Gasteiger partial charge in [-0.1, -0.05) is 13.8 Å². The van der Waals surface area contributed by atoms with E-state index in [2.05, 4.69) is 13.8 Å². The molecule has 0 saturated carbocycles. The van der Waals surface area contributed by atoms with Gasteiger partial charge in [-0.25, -0.2) is 0 Å². The fourth-order valence-corrected chi connectivity index (χ4v) is 2.07. The highest BCUT2D eigenvalue weighted by molar-refractivity contribution is 4.92. The number of hydrogen-bond donors (Lipinski definition) is 0. The summed E-state index contributed by atoms with van der Waals surface area (Å²) in [4.78, 5) is 0. The van der Waals surface area contributed by atoms with Crippen molar-refractivity contribution in [1.29, 1.82) is 0 Å². The molecule has 0 aromatic carbocycles. The van der Waals surface area contributed by atoms with E-state index in [1.54, 1.807) is 0 Å². The Morgan fingerprint density at radius 2 is 1.93 bits per heavy atom. The van der Waals surface area contributed by atoms with Crippen molar-refractivity contribution in [1.82, 2.24) is 0 Å². The van der Waals surface area contributed by atoms with Crippen molar-refractivity contribution in [3.8, 4) is 0 Å². The van der Waals surface area contributed by atoms with Gasteiger partial charge in [-0.2, -0.15) is 0 Å². The summed E-state index contributed by atoms with van der Waals surface area (Å²) in [6.07, 6.45) is 1.68. The van der Waals surface area contributed by atoms with Gasteiger partial charge in [0.25, 0.3) is 0 Å². The molecule has 0 radical (unpaired) electrons. The second-order valence-electron chi connectivity index (χ2n) is 5.14. The van der Waals surface area contributed by atoms with E-state index in [0.29, 0.717) is 5.92 Å². The highest BCUT2D eigenvalue weighted by Gasteiger charge is 2.49. The maximum absolute atomic E-state index is 5.87. The molecule has 0 spiro atoms. The molecule has 14 heavy (non-hydrogen) atoms. The monoisotopic (exact) mass is 200 g/mol. The first-order valence-electron chi connectivity index (χ1n) is 5.45. The third-order valence-electron chi connectivity index (χ3n) is 2.65. The average molecular weight is 200 g/mol. The molecule has 2 saturated heterocycles. The van der Waals surface area contributed by atoms with E-state index in [-0.39, 0.29) is 18.3 Å². The second-order valence-corrected chi connectivity index (χ2v) is 5.14. The molecule has 0 aromatic rings. The first kappa shape index (κ1) is 10.4. The van der Waals surface area contributed by atoms with Gasteiger partial charge in [0, 0.05) is 0 Å². The minimum atomic E-state index is -0.434. The molecular weight excluding hydrogens is 180 g/mol. The van der Waals surface area contributed by atoms with E-state index in [9.17, 15) is 0 Å². The quantitative estimate of drug-likeness (QED) is 0.652. The van der Waals surface area contributed by atoms with Crippen LogP contribution in [0.1, 0.15) is 34.1 Å². The first-order chi connectivity index (χ1) is 6.48. The van der Waals surface area contributed by atoms with Crippen molar-refractivity contribution in [2.24, 2.45) is 5.92 Å². The molecule has 0 amide bonds. The van der Waals surface area contributed by atoms with Crippen LogP contribution in [0.5, 0.6) is 0 Å². The number of ether oxygens (including phenoxy) is 3. The largest absolute Gasteiger partial charge is 0.370 e. The summed E-state index contributed by atoms with van der Waals surface area (Å²) in [5, 5.41) is 0. The van der Waals surface area contributed by atoms with Crippen molar-refractivity contribution >= 4 is 0 Å². The van der Waals surface area contributed by atoms with Gasteiger partial charge in [0.15, 0.2) is 5.79 Å². The molecule has 0 unspecified atom stereocenters. The van der Waals surface area contributed by atoms with Crippen LogP contribution in [0.15, 0.2) is 0 Å². The molecule has 82 valence electrons. The van der Waals surface area contributed by atoms with Crippen molar-refractivity contribution in [3.63, 3.8) is 0 Å². The number of rotatable bonds is 3.